The molecule has 2 aromatic carbocycles. The van der Waals surface area contributed by atoms with Crippen LogP contribution in [0.25, 0.3) is 0 Å². The monoisotopic (exact) mass is 487 g/mol. The van der Waals surface area contributed by atoms with Gasteiger partial charge in [0.1, 0.15) is 0 Å². The van der Waals surface area contributed by atoms with E-state index in [1.807, 2.05) is 54.3 Å². The SMILES string of the molecule is CCN(CC)c1nc(N/N=C/c2ccc(Br)cc2)nc(Nc2ccc(C)c(Cl)c2)n1. The molecule has 0 saturated carbocycles. The summed E-state index contributed by atoms with van der Waals surface area (Å²) >= 11 is 9.66. The first kappa shape index (κ1) is 22.0. The molecule has 0 saturated heterocycles. The summed E-state index contributed by atoms with van der Waals surface area (Å²) in [5, 5.41) is 8.13. The molecule has 2 N–H and O–H groups in total. The van der Waals surface area contributed by atoms with Crippen molar-refractivity contribution in [1.82, 2.24) is 15.0 Å². The number of halogens is 2. The van der Waals surface area contributed by atoms with Crippen LogP contribution in [0.5, 0.6) is 0 Å². The van der Waals surface area contributed by atoms with Gasteiger partial charge in [-0.2, -0.15) is 20.1 Å². The first-order chi connectivity index (χ1) is 14.5. The molecule has 0 aliphatic heterocycles. The Morgan fingerprint density at radius 1 is 1.03 bits per heavy atom. The molecule has 9 heteroatoms. The summed E-state index contributed by atoms with van der Waals surface area (Å²) in [4.78, 5) is 15.5. The summed E-state index contributed by atoms with van der Waals surface area (Å²) in [5.74, 6) is 1.33. The third kappa shape index (κ3) is 5.90. The lowest BCUT2D eigenvalue weighted by molar-refractivity contribution is 0.814. The van der Waals surface area contributed by atoms with Crippen LogP contribution in [0.15, 0.2) is 52.0 Å². The molecule has 30 heavy (non-hydrogen) atoms. The second kappa shape index (κ2) is 10.4. The molecule has 0 unspecified atom stereocenters. The second-order valence-corrected chi connectivity index (χ2v) is 7.79. The topological polar surface area (TPSA) is 78.3 Å². The van der Waals surface area contributed by atoms with E-state index in [-0.39, 0.29) is 0 Å². The van der Waals surface area contributed by atoms with Crippen LogP contribution < -0.4 is 15.6 Å². The van der Waals surface area contributed by atoms with Crippen LogP contribution in [0.2, 0.25) is 5.02 Å². The Bertz CT molecular complexity index is 1020. The number of rotatable bonds is 8. The van der Waals surface area contributed by atoms with E-state index < -0.39 is 0 Å². The average Bonchev–Trinajstić information content (AvgIpc) is 2.73. The molecule has 0 spiro atoms. The molecule has 0 amide bonds. The first-order valence-corrected chi connectivity index (χ1v) is 10.7. The molecule has 7 nitrogen and oxygen atoms in total. The number of aryl methyl sites for hydroxylation is 1. The van der Waals surface area contributed by atoms with Crippen molar-refractivity contribution in [2.24, 2.45) is 5.10 Å². The fourth-order valence-electron chi connectivity index (χ4n) is 2.63. The van der Waals surface area contributed by atoms with Gasteiger partial charge < -0.3 is 10.2 Å². The lowest BCUT2D eigenvalue weighted by Gasteiger charge is -2.19. The minimum atomic E-state index is 0.348. The Balaban J connectivity index is 1.85. The largest absolute Gasteiger partial charge is 0.341 e. The highest BCUT2D eigenvalue weighted by atomic mass is 79.9. The second-order valence-electron chi connectivity index (χ2n) is 6.47. The predicted octanol–water partition coefficient (Wildman–Crippen LogP) is 5.63. The van der Waals surface area contributed by atoms with E-state index in [4.69, 9.17) is 11.6 Å². The number of anilines is 4. The molecule has 3 aromatic rings. The Morgan fingerprint density at radius 3 is 2.40 bits per heavy atom. The van der Waals surface area contributed by atoms with Crippen LogP contribution in [0.3, 0.4) is 0 Å². The molecule has 0 radical (unpaired) electrons. The molecule has 0 bridgehead atoms. The quantitative estimate of drug-likeness (QED) is 0.316. The Hall–Kier alpha value is -2.71. The molecule has 0 aliphatic carbocycles. The van der Waals surface area contributed by atoms with E-state index in [1.165, 1.54) is 0 Å². The zero-order valence-electron chi connectivity index (χ0n) is 17.0. The molecule has 3 rings (SSSR count). The molecule has 0 fully saturated rings. The van der Waals surface area contributed by atoms with Crippen molar-refractivity contribution in [3.8, 4) is 0 Å². The van der Waals surface area contributed by atoms with Crippen LogP contribution >= 0.6 is 27.5 Å². The van der Waals surface area contributed by atoms with Crippen molar-refractivity contribution in [3.63, 3.8) is 0 Å². The maximum Gasteiger partial charge on any atom is 0.250 e. The summed E-state index contributed by atoms with van der Waals surface area (Å²) in [5.41, 5.74) is 5.66. The zero-order valence-corrected chi connectivity index (χ0v) is 19.4. The highest BCUT2D eigenvalue weighted by Crippen LogP contribution is 2.23. The van der Waals surface area contributed by atoms with E-state index >= 15 is 0 Å². The average molecular weight is 489 g/mol. The van der Waals surface area contributed by atoms with E-state index in [2.05, 4.69) is 60.6 Å². The molecule has 0 aliphatic rings. The van der Waals surface area contributed by atoms with Gasteiger partial charge in [-0.15, -0.1) is 0 Å². The maximum atomic E-state index is 6.24. The number of aromatic nitrogens is 3. The minimum absolute atomic E-state index is 0.348. The van der Waals surface area contributed by atoms with Gasteiger partial charge in [-0.1, -0.05) is 45.7 Å². The highest BCUT2D eigenvalue weighted by molar-refractivity contribution is 9.10. The van der Waals surface area contributed by atoms with Crippen molar-refractivity contribution in [3.05, 3.63) is 63.1 Å². The molecular weight excluding hydrogens is 466 g/mol. The van der Waals surface area contributed by atoms with Gasteiger partial charge in [0, 0.05) is 28.3 Å². The van der Waals surface area contributed by atoms with Crippen molar-refractivity contribution in [2.75, 3.05) is 28.7 Å². The van der Waals surface area contributed by atoms with E-state index in [1.54, 1.807) is 6.21 Å². The summed E-state index contributed by atoms with van der Waals surface area (Å²) < 4.78 is 1.01. The normalized spacial score (nSPS) is 11.0. The summed E-state index contributed by atoms with van der Waals surface area (Å²) in [6, 6.07) is 13.5. The van der Waals surface area contributed by atoms with Crippen molar-refractivity contribution in [1.29, 1.82) is 0 Å². The van der Waals surface area contributed by atoms with Crippen LogP contribution in [0, 0.1) is 6.92 Å². The molecule has 0 atom stereocenters. The molecular formula is C21H23BrClN7. The molecule has 1 heterocycles. The lowest BCUT2D eigenvalue weighted by atomic mass is 10.2. The Morgan fingerprint density at radius 2 is 1.73 bits per heavy atom. The van der Waals surface area contributed by atoms with Crippen molar-refractivity contribution in [2.45, 2.75) is 20.8 Å². The van der Waals surface area contributed by atoms with Gasteiger partial charge in [0.2, 0.25) is 17.8 Å². The number of hydrogen-bond acceptors (Lipinski definition) is 7. The van der Waals surface area contributed by atoms with Gasteiger partial charge in [0.25, 0.3) is 0 Å². The maximum absolute atomic E-state index is 6.24. The molecule has 156 valence electrons. The van der Waals surface area contributed by atoms with Gasteiger partial charge in [-0.3, -0.25) is 0 Å². The third-order valence-corrected chi connectivity index (χ3v) is 5.28. The number of hydrazone groups is 1. The zero-order chi connectivity index (χ0) is 21.5. The third-order valence-electron chi connectivity index (χ3n) is 4.35. The molecule has 1 aromatic heterocycles. The number of nitrogens with one attached hydrogen (secondary N) is 2. The van der Waals surface area contributed by atoms with Crippen LogP contribution in [0.4, 0.5) is 23.5 Å². The van der Waals surface area contributed by atoms with Gasteiger partial charge in [0.15, 0.2) is 0 Å². The summed E-state index contributed by atoms with van der Waals surface area (Å²) in [7, 11) is 0. The van der Waals surface area contributed by atoms with E-state index in [0.29, 0.717) is 22.9 Å². The number of benzene rings is 2. The van der Waals surface area contributed by atoms with Gasteiger partial charge in [-0.05, 0) is 56.2 Å². The smallest absolute Gasteiger partial charge is 0.250 e. The highest BCUT2D eigenvalue weighted by Gasteiger charge is 2.11. The summed E-state index contributed by atoms with van der Waals surface area (Å²) in [6.45, 7) is 7.62. The van der Waals surface area contributed by atoms with E-state index in [0.717, 1.165) is 34.4 Å². The predicted molar refractivity (Wildman–Crippen MR) is 128 cm³/mol. The van der Waals surface area contributed by atoms with Crippen molar-refractivity contribution >= 4 is 57.3 Å². The number of hydrogen-bond donors (Lipinski definition) is 2. The van der Waals surface area contributed by atoms with Crippen molar-refractivity contribution < 1.29 is 0 Å². The first-order valence-electron chi connectivity index (χ1n) is 9.57. The fourth-order valence-corrected chi connectivity index (χ4v) is 3.08. The fraction of sp³-hybridized carbons (Fsp3) is 0.238. The van der Waals surface area contributed by atoms with Crippen LogP contribution in [0.1, 0.15) is 25.0 Å². The Labute approximate surface area is 189 Å². The van der Waals surface area contributed by atoms with Crippen LogP contribution in [-0.2, 0) is 0 Å². The number of nitrogens with zero attached hydrogens (tertiary/aromatic N) is 5. The standard InChI is InChI=1S/C21H23BrClN7/c1-4-30(5-2)21-27-19(25-17-11-6-14(3)18(23)12-17)26-20(28-21)29-24-13-15-7-9-16(22)10-8-15/h6-13H,4-5H2,1-3H3,(H2,25,26,27,28,29)/b24-13+. The van der Waals surface area contributed by atoms with Gasteiger partial charge >= 0.3 is 0 Å². The van der Waals surface area contributed by atoms with Gasteiger partial charge in [0.05, 0.1) is 6.21 Å². The van der Waals surface area contributed by atoms with E-state index in [9.17, 15) is 0 Å². The van der Waals surface area contributed by atoms with Crippen LogP contribution in [-0.4, -0.2) is 34.3 Å². The lowest BCUT2D eigenvalue weighted by Crippen LogP contribution is -2.25. The Kier molecular flexibility index (Phi) is 7.59. The summed E-state index contributed by atoms with van der Waals surface area (Å²) in [6.07, 6.45) is 1.71. The minimum Gasteiger partial charge on any atom is -0.341 e. The van der Waals surface area contributed by atoms with Gasteiger partial charge in [-0.25, -0.2) is 5.43 Å².